The maximum Gasteiger partial charge on any atom is 0.312 e. The molecule has 3 atom stereocenters. The zero-order valence-electron chi connectivity index (χ0n) is 10.9. The molecule has 2 heterocycles. The van der Waals surface area contributed by atoms with Crippen molar-refractivity contribution in [3.8, 4) is 5.75 Å². The number of rotatable bonds is 4. The summed E-state index contributed by atoms with van der Waals surface area (Å²) in [5.74, 6) is -0.567. The molecule has 8 nitrogen and oxygen atoms in total. The van der Waals surface area contributed by atoms with E-state index in [1.54, 1.807) is 0 Å². The first-order valence-electron chi connectivity index (χ1n) is 6.52. The van der Waals surface area contributed by atoms with Crippen LogP contribution < -0.4 is 4.72 Å². The van der Waals surface area contributed by atoms with Gasteiger partial charge in [-0.05, 0) is 31.4 Å². The van der Waals surface area contributed by atoms with Gasteiger partial charge in [0.15, 0.2) is 5.75 Å². The molecular weight excluding hydrogens is 300 g/mol. The number of ether oxygens (including phenoxy) is 1. The smallest absolute Gasteiger partial charge is 0.312 e. The molecule has 2 saturated heterocycles. The molecule has 114 valence electrons. The second kappa shape index (κ2) is 4.93. The molecule has 0 saturated carbocycles. The Hall–Kier alpha value is -1.71. The fourth-order valence-corrected chi connectivity index (χ4v) is 4.14. The molecule has 21 heavy (non-hydrogen) atoms. The Kier molecular flexibility index (Phi) is 3.34. The van der Waals surface area contributed by atoms with Gasteiger partial charge in [-0.25, -0.2) is 13.1 Å². The molecular formula is C12H14N2O6S. The minimum Gasteiger partial charge on any atom is -0.502 e. The van der Waals surface area contributed by atoms with E-state index < -0.39 is 26.4 Å². The van der Waals surface area contributed by atoms with Gasteiger partial charge < -0.3 is 9.84 Å². The van der Waals surface area contributed by atoms with Gasteiger partial charge in [0.1, 0.15) is 0 Å². The van der Waals surface area contributed by atoms with Crippen LogP contribution in [0.5, 0.6) is 5.75 Å². The minimum absolute atomic E-state index is 0.0943. The highest BCUT2D eigenvalue weighted by Crippen LogP contribution is 2.35. The monoisotopic (exact) mass is 314 g/mol. The van der Waals surface area contributed by atoms with Crippen molar-refractivity contribution < 1.29 is 23.2 Å². The molecule has 1 aromatic rings. The van der Waals surface area contributed by atoms with Crippen LogP contribution in [-0.4, -0.2) is 36.7 Å². The summed E-state index contributed by atoms with van der Waals surface area (Å²) >= 11 is 0. The van der Waals surface area contributed by atoms with Crippen LogP contribution in [0.25, 0.3) is 0 Å². The molecule has 1 aromatic carbocycles. The lowest BCUT2D eigenvalue weighted by Crippen LogP contribution is -2.41. The number of nitrogens with one attached hydrogen (secondary N) is 1. The Morgan fingerprint density at radius 2 is 2.14 bits per heavy atom. The number of hydrogen-bond donors (Lipinski definition) is 2. The normalized spacial score (nSPS) is 27.9. The van der Waals surface area contributed by atoms with Gasteiger partial charge in [-0.1, -0.05) is 0 Å². The Morgan fingerprint density at radius 3 is 2.71 bits per heavy atom. The van der Waals surface area contributed by atoms with Gasteiger partial charge >= 0.3 is 5.69 Å². The lowest BCUT2D eigenvalue weighted by atomic mass is 9.96. The summed E-state index contributed by atoms with van der Waals surface area (Å²) in [6.45, 7) is 0. The number of sulfonamides is 1. The predicted octanol–water partition coefficient (Wildman–Crippen LogP) is 0.899. The zero-order chi connectivity index (χ0) is 15.2. The third-order valence-corrected chi connectivity index (χ3v) is 5.35. The number of aromatic hydroxyl groups is 1. The number of nitrogens with zero attached hydrogens (tertiary/aromatic N) is 1. The quantitative estimate of drug-likeness (QED) is 0.629. The van der Waals surface area contributed by atoms with Gasteiger partial charge in [-0.15, -0.1) is 0 Å². The highest BCUT2D eigenvalue weighted by Gasteiger charge is 2.42. The van der Waals surface area contributed by atoms with Crippen molar-refractivity contribution in [2.24, 2.45) is 0 Å². The van der Waals surface area contributed by atoms with Crippen LogP contribution in [0.4, 0.5) is 5.69 Å². The van der Waals surface area contributed by atoms with E-state index in [0.717, 1.165) is 31.0 Å². The molecule has 3 unspecified atom stereocenters. The van der Waals surface area contributed by atoms with E-state index >= 15 is 0 Å². The predicted molar refractivity (Wildman–Crippen MR) is 71.4 cm³/mol. The van der Waals surface area contributed by atoms with Crippen molar-refractivity contribution in [2.75, 3.05) is 0 Å². The summed E-state index contributed by atoms with van der Waals surface area (Å²) in [7, 11) is -3.88. The maximum absolute atomic E-state index is 12.3. The maximum atomic E-state index is 12.3. The van der Waals surface area contributed by atoms with Gasteiger partial charge in [0.05, 0.1) is 28.1 Å². The molecule has 2 bridgehead atoms. The Balaban J connectivity index is 1.85. The number of nitro groups is 1. The van der Waals surface area contributed by atoms with Crippen molar-refractivity contribution in [1.29, 1.82) is 0 Å². The number of phenolic OH excluding ortho intramolecular Hbond substituents is 1. The molecule has 2 aliphatic heterocycles. The summed E-state index contributed by atoms with van der Waals surface area (Å²) in [4.78, 5) is 9.69. The van der Waals surface area contributed by atoms with Gasteiger partial charge in [0.2, 0.25) is 10.0 Å². The number of phenols is 1. The summed E-state index contributed by atoms with van der Waals surface area (Å²) in [5, 5.41) is 20.1. The summed E-state index contributed by atoms with van der Waals surface area (Å²) in [5.41, 5.74) is -0.637. The molecule has 2 aliphatic rings. The van der Waals surface area contributed by atoms with Gasteiger partial charge in [0, 0.05) is 6.07 Å². The molecule has 3 rings (SSSR count). The van der Waals surface area contributed by atoms with Crippen LogP contribution in [0.1, 0.15) is 19.3 Å². The first kappa shape index (κ1) is 14.2. The highest BCUT2D eigenvalue weighted by atomic mass is 32.2. The average Bonchev–Trinajstić information content (AvgIpc) is 3.00. The van der Waals surface area contributed by atoms with Gasteiger partial charge in [0.25, 0.3) is 0 Å². The van der Waals surface area contributed by atoms with Crippen molar-refractivity contribution in [2.45, 2.75) is 42.4 Å². The van der Waals surface area contributed by atoms with Crippen molar-refractivity contribution in [1.82, 2.24) is 4.72 Å². The topological polar surface area (TPSA) is 119 Å². The lowest BCUT2D eigenvalue weighted by Gasteiger charge is -2.19. The van der Waals surface area contributed by atoms with Crippen LogP contribution in [-0.2, 0) is 14.8 Å². The third kappa shape index (κ3) is 2.59. The van der Waals surface area contributed by atoms with E-state index in [1.807, 2.05) is 0 Å². The second-order valence-electron chi connectivity index (χ2n) is 5.25. The Bertz CT molecular complexity index is 689. The molecule has 0 spiro atoms. The van der Waals surface area contributed by atoms with Crippen LogP contribution >= 0.6 is 0 Å². The van der Waals surface area contributed by atoms with Crippen LogP contribution in [0.15, 0.2) is 23.1 Å². The van der Waals surface area contributed by atoms with E-state index in [-0.39, 0.29) is 23.1 Å². The fraction of sp³-hybridized carbons (Fsp3) is 0.500. The van der Waals surface area contributed by atoms with E-state index in [4.69, 9.17) is 4.74 Å². The molecule has 2 fully saturated rings. The summed E-state index contributed by atoms with van der Waals surface area (Å²) in [6, 6.07) is 2.69. The molecule has 0 aliphatic carbocycles. The highest BCUT2D eigenvalue weighted by molar-refractivity contribution is 7.89. The largest absolute Gasteiger partial charge is 0.502 e. The van der Waals surface area contributed by atoms with Crippen LogP contribution in [0.2, 0.25) is 0 Å². The van der Waals surface area contributed by atoms with Crippen molar-refractivity contribution in [3.63, 3.8) is 0 Å². The van der Waals surface area contributed by atoms with Crippen molar-refractivity contribution in [3.05, 3.63) is 28.3 Å². The third-order valence-electron chi connectivity index (χ3n) is 3.87. The van der Waals surface area contributed by atoms with Gasteiger partial charge in [-0.2, -0.15) is 0 Å². The molecule has 9 heteroatoms. The number of nitro benzene ring substituents is 1. The lowest BCUT2D eigenvalue weighted by molar-refractivity contribution is -0.386. The van der Waals surface area contributed by atoms with E-state index in [0.29, 0.717) is 6.42 Å². The second-order valence-corrected chi connectivity index (χ2v) is 6.96. The molecule has 2 N–H and O–H groups in total. The SMILES string of the molecule is O=[N+]([O-])c1cc(S(=O)(=O)NC2CC3CCC2O3)ccc1O. The Labute approximate surface area is 120 Å². The van der Waals surface area contributed by atoms with E-state index in [2.05, 4.69) is 4.72 Å². The number of benzene rings is 1. The molecule has 0 aromatic heterocycles. The van der Waals surface area contributed by atoms with E-state index in [1.165, 1.54) is 0 Å². The van der Waals surface area contributed by atoms with Crippen LogP contribution in [0.3, 0.4) is 0 Å². The van der Waals surface area contributed by atoms with E-state index in [9.17, 15) is 23.6 Å². The first-order valence-corrected chi connectivity index (χ1v) is 8.00. The summed E-state index contributed by atoms with van der Waals surface area (Å²) in [6.07, 6.45) is 2.33. The first-order chi connectivity index (χ1) is 9.87. The standard InChI is InChI=1S/C12H14N2O6S/c15-11-3-2-8(6-10(11)14(16)17)21(18,19)13-9-5-7-1-4-12(9)20-7/h2-3,6-7,9,12-13,15H,1,4-5H2. The Morgan fingerprint density at radius 1 is 1.38 bits per heavy atom. The van der Waals surface area contributed by atoms with Crippen LogP contribution in [0, 0.1) is 10.1 Å². The van der Waals surface area contributed by atoms with Gasteiger partial charge in [-0.3, -0.25) is 10.1 Å². The molecule has 0 radical (unpaired) electrons. The molecule has 0 amide bonds. The summed E-state index contributed by atoms with van der Waals surface area (Å²) < 4.78 is 32.7. The number of hydrogen-bond acceptors (Lipinski definition) is 6. The van der Waals surface area contributed by atoms with Crippen molar-refractivity contribution >= 4 is 15.7 Å². The minimum atomic E-state index is -3.88. The fourth-order valence-electron chi connectivity index (χ4n) is 2.85. The zero-order valence-corrected chi connectivity index (χ0v) is 11.7. The number of fused-ring (bicyclic) bond motifs is 2. The average molecular weight is 314 g/mol.